The summed E-state index contributed by atoms with van der Waals surface area (Å²) in [4.78, 5) is 0. The van der Waals surface area contributed by atoms with Gasteiger partial charge < -0.3 is 19.9 Å². The van der Waals surface area contributed by atoms with Gasteiger partial charge in [-0.15, -0.1) is 0 Å². The molecule has 0 aromatic heterocycles. The molecule has 1 rings (SSSR count). The first-order chi connectivity index (χ1) is 9.36. The predicted octanol–water partition coefficient (Wildman–Crippen LogP) is 2.36. The Kier molecular flexibility index (Phi) is 6.30. The Bertz CT molecular complexity index is 444. The summed E-state index contributed by atoms with van der Waals surface area (Å²) in [5.74, 6) is 1.71. The van der Waals surface area contributed by atoms with Crippen LogP contribution in [-0.4, -0.2) is 37.5 Å². The van der Waals surface area contributed by atoms with Crippen LogP contribution in [0.2, 0.25) is 0 Å². The van der Waals surface area contributed by atoms with Crippen LogP contribution in [0.1, 0.15) is 30.5 Å². The van der Waals surface area contributed by atoms with Gasteiger partial charge in [0.15, 0.2) is 0 Å². The van der Waals surface area contributed by atoms with Crippen LogP contribution in [0.25, 0.3) is 0 Å². The number of rotatable bonds is 7. The van der Waals surface area contributed by atoms with Crippen molar-refractivity contribution in [1.29, 1.82) is 0 Å². The highest BCUT2D eigenvalue weighted by molar-refractivity contribution is 5.52. The van der Waals surface area contributed by atoms with Crippen LogP contribution in [0.15, 0.2) is 6.07 Å². The van der Waals surface area contributed by atoms with Gasteiger partial charge >= 0.3 is 0 Å². The Hall–Kier alpha value is -1.26. The van der Waals surface area contributed by atoms with Crippen molar-refractivity contribution in [2.45, 2.75) is 46.8 Å². The van der Waals surface area contributed by atoms with E-state index in [9.17, 15) is 5.11 Å². The summed E-state index contributed by atoms with van der Waals surface area (Å²) in [6.07, 6.45) is -0.514. The van der Waals surface area contributed by atoms with Gasteiger partial charge in [-0.1, -0.05) is 13.8 Å². The quantitative estimate of drug-likeness (QED) is 0.805. The maximum absolute atomic E-state index is 9.88. The van der Waals surface area contributed by atoms with E-state index in [1.807, 2.05) is 40.7 Å². The van der Waals surface area contributed by atoms with E-state index in [0.29, 0.717) is 12.6 Å². The maximum atomic E-state index is 9.88. The second-order valence-electron chi connectivity index (χ2n) is 5.50. The van der Waals surface area contributed by atoms with Crippen molar-refractivity contribution in [1.82, 2.24) is 5.32 Å². The topological polar surface area (TPSA) is 50.7 Å². The Morgan fingerprint density at radius 2 is 1.85 bits per heavy atom. The van der Waals surface area contributed by atoms with Gasteiger partial charge in [0.05, 0.1) is 7.11 Å². The third kappa shape index (κ3) is 4.39. The fraction of sp³-hybridized carbons (Fsp3) is 0.625. The molecule has 0 bridgehead atoms. The Balaban J connectivity index is 2.69. The van der Waals surface area contributed by atoms with E-state index >= 15 is 0 Å². The van der Waals surface area contributed by atoms with Gasteiger partial charge in [-0.25, -0.2) is 0 Å². The minimum Gasteiger partial charge on any atom is -0.496 e. The van der Waals surface area contributed by atoms with Gasteiger partial charge in [0.2, 0.25) is 0 Å². The first kappa shape index (κ1) is 16.8. The van der Waals surface area contributed by atoms with Crippen LogP contribution in [0.5, 0.6) is 11.5 Å². The normalized spacial score (nSPS) is 12.6. The van der Waals surface area contributed by atoms with Crippen molar-refractivity contribution in [3.63, 3.8) is 0 Å². The Labute approximate surface area is 122 Å². The molecule has 1 aromatic rings. The van der Waals surface area contributed by atoms with Crippen molar-refractivity contribution in [3.05, 3.63) is 22.8 Å². The second kappa shape index (κ2) is 7.50. The largest absolute Gasteiger partial charge is 0.496 e. The molecule has 114 valence electrons. The van der Waals surface area contributed by atoms with Gasteiger partial charge in [0, 0.05) is 12.6 Å². The minimum absolute atomic E-state index is 0.284. The minimum atomic E-state index is -0.514. The summed E-state index contributed by atoms with van der Waals surface area (Å²) < 4.78 is 11.1. The number of methoxy groups -OCH3 is 1. The number of aliphatic hydroxyl groups is 1. The van der Waals surface area contributed by atoms with E-state index < -0.39 is 6.10 Å². The van der Waals surface area contributed by atoms with E-state index in [1.165, 1.54) is 0 Å². The Morgan fingerprint density at radius 1 is 1.20 bits per heavy atom. The van der Waals surface area contributed by atoms with Crippen molar-refractivity contribution in [2.24, 2.45) is 0 Å². The maximum Gasteiger partial charge on any atom is 0.125 e. The zero-order chi connectivity index (χ0) is 15.3. The molecule has 1 unspecified atom stereocenters. The molecule has 0 aliphatic heterocycles. The Morgan fingerprint density at radius 3 is 2.40 bits per heavy atom. The fourth-order valence-corrected chi connectivity index (χ4v) is 2.10. The molecule has 20 heavy (non-hydrogen) atoms. The lowest BCUT2D eigenvalue weighted by molar-refractivity contribution is 0.104. The zero-order valence-corrected chi connectivity index (χ0v) is 13.4. The van der Waals surface area contributed by atoms with E-state index in [1.54, 1.807) is 7.11 Å². The molecule has 0 aliphatic carbocycles. The van der Waals surface area contributed by atoms with Crippen LogP contribution in [0.3, 0.4) is 0 Å². The third-order valence-corrected chi connectivity index (χ3v) is 3.38. The summed E-state index contributed by atoms with van der Waals surface area (Å²) in [7, 11) is 1.68. The monoisotopic (exact) mass is 281 g/mol. The van der Waals surface area contributed by atoms with Crippen molar-refractivity contribution < 1.29 is 14.6 Å². The predicted molar refractivity (Wildman–Crippen MR) is 81.8 cm³/mol. The van der Waals surface area contributed by atoms with Gasteiger partial charge in [-0.05, 0) is 43.5 Å². The lowest BCUT2D eigenvalue weighted by Crippen LogP contribution is -2.35. The number of aliphatic hydroxyl groups excluding tert-OH is 1. The molecule has 1 aromatic carbocycles. The fourth-order valence-electron chi connectivity index (χ4n) is 2.10. The number of aryl methyl sites for hydroxylation is 1. The first-order valence-electron chi connectivity index (χ1n) is 7.05. The molecule has 0 heterocycles. The highest BCUT2D eigenvalue weighted by atomic mass is 16.5. The van der Waals surface area contributed by atoms with E-state index in [2.05, 4.69) is 5.32 Å². The smallest absolute Gasteiger partial charge is 0.125 e. The number of hydrogen-bond donors (Lipinski definition) is 2. The van der Waals surface area contributed by atoms with Gasteiger partial charge in [-0.2, -0.15) is 0 Å². The standard InChI is InChI=1S/C16H27NO3/c1-10(2)17-8-14(18)9-20-15-7-11(3)16(19-6)13(5)12(15)4/h7,10,14,17-18H,8-9H2,1-6H3. The summed E-state index contributed by atoms with van der Waals surface area (Å²) >= 11 is 0. The summed E-state index contributed by atoms with van der Waals surface area (Å²) in [6.45, 7) is 10.9. The second-order valence-corrected chi connectivity index (χ2v) is 5.50. The summed E-state index contributed by atoms with van der Waals surface area (Å²) in [5.41, 5.74) is 3.18. The van der Waals surface area contributed by atoms with Crippen LogP contribution < -0.4 is 14.8 Å². The highest BCUT2D eigenvalue weighted by Gasteiger charge is 2.13. The number of hydrogen-bond acceptors (Lipinski definition) is 4. The molecule has 2 N–H and O–H groups in total. The van der Waals surface area contributed by atoms with Gasteiger partial charge in [0.25, 0.3) is 0 Å². The average molecular weight is 281 g/mol. The van der Waals surface area contributed by atoms with Crippen LogP contribution >= 0.6 is 0 Å². The number of benzene rings is 1. The van der Waals surface area contributed by atoms with E-state index in [0.717, 1.165) is 28.2 Å². The van der Waals surface area contributed by atoms with E-state index in [-0.39, 0.29) is 6.61 Å². The van der Waals surface area contributed by atoms with Crippen LogP contribution in [0, 0.1) is 20.8 Å². The van der Waals surface area contributed by atoms with E-state index in [4.69, 9.17) is 9.47 Å². The molecular formula is C16H27NO3. The SMILES string of the molecule is COc1c(C)cc(OCC(O)CNC(C)C)c(C)c1C. The van der Waals surface area contributed by atoms with Crippen LogP contribution in [-0.2, 0) is 0 Å². The van der Waals surface area contributed by atoms with Crippen molar-refractivity contribution in [3.8, 4) is 11.5 Å². The third-order valence-electron chi connectivity index (χ3n) is 3.38. The average Bonchev–Trinajstić information content (AvgIpc) is 2.39. The lowest BCUT2D eigenvalue weighted by Gasteiger charge is -2.19. The van der Waals surface area contributed by atoms with Gasteiger partial charge in [0.1, 0.15) is 24.2 Å². The first-order valence-corrected chi connectivity index (χ1v) is 7.05. The molecule has 0 saturated heterocycles. The van der Waals surface area contributed by atoms with Gasteiger partial charge in [-0.3, -0.25) is 0 Å². The summed E-state index contributed by atoms with van der Waals surface area (Å²) in [6, 6.07) is 2.32. The number of ether oxygens (including phenoxy) is 2. The summed E-state index contributed by atoms with van der Waals surface area (Å²) in [5, 5.41) is 13.1. The molecule has 0 saturated carbocycles. The van der Waals surface area contributed by atoms with Crippen molar-refractivity contribution in [2.75, 3.05) is 20.3 Å². The molecule has 0 amide bonds. The van der Waals surface area contributed by atoms with Crippen LogP contribution in [0.4, 0.5) is 0 Å². The number of nitrogens with one attached hydrogen (secondary N) is 1. The van der Waals surface area contributed by atoms with Crippen molar-refractivity contribution >= 4 is 0 Å². The highest BCUT2D eigenvalue weighted by Crippen LogP contribution is 2.32. The molecule has 4 heteroatoms. The molecule has 1 atom stereocenters. The zero-order valence-electron chi connectivity index (χ0n) is 13.4. The lowest BCUT2D eigenvalue weighted by atomic mass is 10.0. The molecule has 0 fully saturated rings. The molecule has 0 spiro atoms. The molecular weight excluding hydrogens is 254 g/mol. The molecule has 0 radical (unpaired) electrons. The molecule has 4 nitrogen and oxygen atoms in total. The molecule has 0 aliphatic rings.